The third-order valence-electron chi connectivity index (χ3n) is 2.27. The zero-order valence-electron chi connectivity index (χ0n) is 11.0. The Kier molecular flexibility index (Phi) is 6.34. The second kappa shape index (κ2) is 6.69. The third kappa shape index (κ3) is 6.62. The van der Waals surface area contributed by atoms with Crippen LogP contribution in [0.3, 0.4) is 0 Å². The van der Waals surface area contributed by atoms with Gasteiger partial charge in [-0.15, -0.1) is 0 Å². The van der Waals surface area contributed by atoms with Crippen LogP contribution in [0.25, 0.3) is 0 Å². The maximum absolute atomic E-state index is 11.4. The maximum atomic E-state index is 11.4. The molecule has 0 heterocycles. The average molecular weight is 228 g/mol. The van der Waals surface area contributed by atoms with Crippen molar-refractivity contribution in [2.75, 3.05) is 0 Å². The molecule has 0 spiro atoms. The first-order chi connectivity index (χ1) is 7.30. The van der Waals surface area contributed by atoms with Gasteiger partial charge in [-0.05, 0) is 33.6 Å². The van der Waals surface area contributed by atoms with E-state index in [-0.39, 0.29) is 18.0 Å². The molecule has 0 radical (unpaired) electrons. The SMILES string of the molecule is CC[C@H](O)[C@@H](C=CC(=O)OC(C)(C)C)CC. The first-order valence-electron chi connectivity index (χ1n) is 5.89. The molecular weight excluding hydrogens is 204 g/mol. The van der Waals surface area contributed by atoms with E-state index in [1.165, 1.54) is 6.08 Å². The highest BCUT2D eigenvalue weighted by molar-refractivity contribution is 5.82. The molecule has 1 N–H and O–H groups in total. The molecule has 0 unspecified atom stereocenters. The molecule has 94 valence electrons. The van der Waals surface area contributed by atoms with Crippen LogP contribution in [0.5, 0.6) is 0 Å². The Morgan fingerprint density at radius 3 is 2.25 bits per heavy atom. The minimum atomic E-state index is -0.466. The topological polar surface area (TPSA) is 46.5 Å². The first-order valence-corrected chi connectivity index (χ1v) is 5.89. The van der Waals surface area contributed by atoms with Crippen LogP contribution in [0, 0.1) is 5.92 Å². The summed E-state index contributed by atoms with van der Waals surface area (Å²) in [4.78, 5) is 11.4. The van der Waals surface area contributed by atoms with E-state index in [0.717, 1.165) is 6.42 Å². The molecule has 3 nitrogen and oxygen atoms in total. The molecule has 0 aromatic rings. The van der Waals surface area contributed by atoms with Crippen molar-refractivity contribution >= 4 is 5.97 Å². The van der Waals surface area contributed by atoms with Crippen molar-refractivity contribution in [3.05, 3.63) is 12.2 Å². The molecule has 0 rings (SSSR count). The Balaban J connectivity index is 4.29. The van der Waals surface area contributed by atoms with Crippen molar-refractivity contribution in [3.8, 4) is 0 Å². The maximum Gasteiger partial charge on any atom is 0.330 e. The number of aliphatic hydroxyl groups excluding tert-OH is 1. The predicted octanol–water partition coefficient (Wildman–Crippen LogP) is 2.68. The largest absolute Gasteiger partial charge is 0.457 e. The Labute approximate surface area is 98.5 Å². The van der Waals surface area contributed by atoms with Gasteiger partial charge in [-0.2, -0.15) is 0 Å². The standard InChI is InChI=1S/C13H24O3/c1-6-10(11(14)7-2)8-9-12(15)16-13(3,4)5/h8-11,14H,6-7H2,1-5H3/t10-,11+/m1/s1. The fourth-order valence-corrected chi connectivity index (χ4v) is 1.38. The molecule has 0 bridgehead atoms. The number of carbonyl (C=O) groups is 1. The molecule has 0 aliphatic rings. The van der Waals surface area contributed by atoms with Crippen LogP contribution < -0.4 is 0 Å². The van der Waals surface area contributed by atoms with Gasteiger partial charge in [0.05, 0.1) is 6.10 Å². The van der Waals surface area contributed by atoms with E-state index in [1.807, 2.05) is 34.6 Å². The number of hydrogen-bond donors (Lipinski definition) is 1. The summed E-state index contributed by atoms with van der Waals surface area (Å²) in [6.45, 7) is 9.41. The Bertz CT molecular complexity index is 238. The molecule has 0 fully saturated rings. The van der Waals surface area contributed by atoms with Gasteiger partial charge in [0.25, 0.3) is 0 Å². The lowest BCUT2D eigenvalue weighted by atomic mass is 9.97. The van der Waals surface area contributed by atoms with Crippen molar-refractivity contribution in [2.24, 2.45) is 5.92 Å². The highest BCUT2D eigenvalue weighted by atomic mass is 16.6. The number of rotatable bonds is 5. The zero-order valence-corrected chi connectivity index (χ0v) is 11.0. The van der Waals surface area contributed by atoms with E-state index < -0.39 is 5.60 Å². The van der Waals surface area contributed by atoms with E-state index in [9.17, 15) is 9.90 Å². The van der Waals surface area contributed by atoms with Gasteiger partial charge in [0.15, 0.2) is 0 Å². The highest BCUT2D eigenvalue weighted by Crippen LogP contribution is 2.14. The summed E-state index contributed by atoms with van der Waals surface area (Å²) >= 11 is 0. The van der Waals surface area contributed by atoms with Gasteiger partial charge < -0.3 is 9.84 Å². The lowest BCUT2D eigenvalue weighted by Gasteiger charge is -2.19. The van der Waals surface area contributed by atoms with E-state index in [2.05, 4.69) is 0 Å². The molecule has 0 aliphatic carbocycles. The van der Waals surface area contributed by atoms with Crippen molar-refractivity contribution in [3.63, 3.8) is 0 Å². The highest BCUT2D eigenvalue weighted by Gasteiger charge is 2.16. The van der Waals surface area contributed by atoms with Crippen LogP contribution in [0.2, 0.25) is 0 Å². The van der Waals surface area contributed by atoms with Crippen molar-refractivity contribution < 1.29 is 14.6 Å². The lowest BCUT2D eigenvalue weighted by Crippen LogP contribution is -2.23. The smallest absolute Gasteiger partial charge is 0.330 e. The summed E-state index contributed by atoms with van der Waals surface area (Å²) in [5.41, 5.74) is -0.466. The summed E-state index contributed by atoms with van der Waals surface area (Å²) in [6, 6.07) is 0. The molecular formula is C13H24O3. The summed E-state index contributed by atoms with van der Waals surface area (Å²) in [7, 11) is 0. The number of ether oxygens (including phenoxy) is 1. The third-order valence-corrected chi connectivity index (χ3v) is 2.27. The van der Waals surface area contributed by atoms with Gasteiger partial charge in [-0.25, -0.2) is 4.79 Å². The predicted molar refractivity (Wildman–Crippen MR) is 65.1 cm³/mol. The van der Waals surface area contributed by atoms with Gasteiger partial charge in [0.2, 0.25) is 0 Å². The number of carbonyl (C=O) groups excluding carboxylic acids is 1. The summed E-state index contributed by atoms with van der Waals surface area (Å²) in [6.07, 6.45) is 4.27. The normalized spacial score (nSPS) is 16.1. The zero-order chi connectivity index (χ0) is 12.8. The van der Waals surface area contributed by atoms with Crippen LogP contribution in [0.4, 0.5) is 0 Å². The monoisotopic (exact) mass is 228 g/mol. The number of aliphatic hydroxyl groups is 1. The van der Waals surface area contributed by atoms with Gasteiger partial charge in [0.1, 0.15) is 5.60 Å². The van der Waals surface area contributed by atoms with Crippen LogP contribution in [0.15, 0.2) is 12.2 Å². The van der Waals surface area contributed by atoms with Crippen molar-refractivity contribution in [1.82, 2.24) is 0 Å². The quantitative estimate of drug-likeness (QED) is 0.581. The number of hydrogen-bond acceptors (Lipinski definition) is 3. The lowest BCUT2D eigenvalue weighted by molar-refractivity contribution is -0.148. The summed E-state index contributed by atoms with van der Waals surface area (Å²) in [5.74, 6) is -0.327. The van der Waals surface area contributed by atoms with Gasteiger partial charge in [-0.1, -0.05) is 19.9 Å². The Morgan fingerprint density at radius 1 is 1.31 bits per heavy atom. The second-order valence-corrected chi connectivity index (χ2v) is 4.94. The summed E-state index contributed by atoms with van der Waals surface area (Å²) < 4.78 is 5.14. The van der Waals surface area contributed by atoms with E-state index in [0.29, 0.717) is 6.42 Å². The molecule has 0 amide bonds. The van der Waals surface area contributed by atoms with Crippen LogP contribution in [-0.2, 0) is 9.53 Å². The van der Waals surface area contributed by atoms with Crippen LogP contribution in [-0.4, -0.2) is 22.8 Å². The molecule has 0 saturated carbocycles. The molecule has 3 heteroatoms. The fraction of sp³-hybridized carbons (Fsp3) is 0.769. The minimum absolute atomic E-state index is 0.0255. The Morgan fingerprint density at radius 2 is 1.88 bits per heavy atom. The second-order valence-electron chi connectivity index (χ2n) is 4.94. The van der Waals surface area contributed by atoms with E-state index in [1.54, 1.807) is 6.08 Å². The van der Waals surface area contributed by atoms with Gasteiger partial charge in [0, 0.05) is 12.0 Å². The average Bonchev–Trinajstić information content (AvgIpc) is 2.15. The Hall–Kier alpha value is -0.830. The van der Waals surface area contributed by atoms with E-state index >= 15 is 0 Å². The van der Waals surface area contributed by atoms with Crippen molar-refractivity contribution in [2.45, 2.75) is 59.2 Å². The number of esters is 1. The first kappa shape index (κ1) is 15.2. The van der Waals surface area contributed by atoms with E-state index in [4.69, 9.17) is 4.74 Å². The van der Waals surface area contributed by atoms with Gasteiger partial charge >= 0.3 is 5.97 Å². The van der Waals surface area contributed by atoms with Crippen molar-refractivity contribution in [1.29, 1.82) is 0 Å². The molecule has 0 aromatic heterocycles. The molecule has 0 aliphatic heterocycles. The minimum Gasteiger partial charge on any atom is -0.457 e. The molecule has 0 saturated heterocycles. The molecule has 16 heavy (non-hydrogen) atoms. The molecule has 0 aromatic carbocycles. The van der Waals surface area contributed by atoms with Gasteiger partial charge in [-0.3, -0.25) is 0 Å². The van der Waals surface area contributed by atoms with Crippen LogP contribution in [0.1, 0.15) is 47.5 Å². The van der Waals surface area contributed by atoms with Crippen LogP contribution >= 0.6 is 0 Å². The fourth-order valence-electron chi connectivity index (χ4n) is 1.38. The summed E-state index contributed by atoms with van der Waals surface area (Å²) in [5, 5.41) is 9.66. The molecule has 2 atom stereocenters.